The molecule has 5 nitrogen and oxygen atoms in total. The summed E-state index contributed by atoms with van der Waals surface area (Å²) in [6.45, 7) is 10.2. The highest BCUT2D eigenvalue weighted by molar-refractivity contribution is 5.81. The summed E-state index contributed by atoms with van der Waals surface area (Å²) in [5.74, 6) is -0.159. The monoisotopic (exact) mass is 438 g/mol. The minimum atomic E-state index is -0.641. The second-order valence-electron chi connectivity index (χ2n) is 8.30. The van der Waals surface area contributed by atoms with E-state index in [1.54, 1.807) is 12.1 Å². The number of hydrogen-bond acceptors (Lipinski definition) is 3. The number of carbonyl (C=O) groups is 2. The molecular formula is C26H31FN2O3. The van der Waals surface area contributed by atoms with Gasteiger partial charge in [-0.1, -0.05) is 45.0 Å². The van der Waals surface area contributed by atoms with Gasteiger partial charge in [0.25, 0.3) is 5.91 Å². The number of nitrogens with one attached hydrogen (secondary N) is 1. The molecule has 0 spiro atoms. The van der Waals surface area contributed by atoms with Gasteiger partial charge < -0.3 is 15.0 Å². The molecular weight excluding hydrogens is 407 g/mol. The molecule has 2 atom stereocenters. The molecule has 2 aromatic carbocycles. The zero-order valence-corrected chi connectivity index (χ0v) is 18.9. The van der Waals surface area contributed by atoms with Gasteiger partial charge in [0.15, 0.2) is 6.10 Å². The third-order valence-electron chi connectivity index (χ3n) is 5.65. The van der Waals surface area contributed by atoms with E-state index in [1.807, 2.05) is 49.9 Å². The lowest BCUT2D eigenvalue weighted by Crippen LogP contribution is -2.42. The molecule has 32 heavy (non-hydrogen) atoms. The summed E-state index contributed by atoms with van der Waals surface area (Å²) in [7, 11) is 0. The van der Waals surface area contributed by atoms with Crippen LogP contribution in [0.4, 0.5) is 4.39 Å². The number of hydrogen-bond donors (Lipinski definition) is 1. The summed E-state index contributed by atoms with van der Waals surface area (Å²) < 4.78 is 20.1. The van der Waals surface area contributed by atoms with E-state index in [9.17, 15) is 14.0 Å². The average molecular weight is 439 g/mol. The van der Waals surface area contributed by atoms with Crippen LogP contribution in [0.3, 0.4) is 0 Å². The highest BCUT2D eigenvalue weighted by Gasteiger charge is 2.33. The molecule has 1 N–H and O–H groups in total. The lowest BCUT2D eigenvalue weighted by Gasteiger charge is -2.39. The van der Waals surface area contributed by atoms with Crippen molar-refractivity contribution in [3.05, 3.63) is 77.6 Å². The van der Waals surface area contributed by atoms with Gasteiger partial charge in [-0.05, 0) is 53.8 Å². The van der Waals surface area contributed by atoms with Crippen LogP contribution in [0, 0.1) is 11.7 Å². The van der Waals surface area contributed by atoms with E-state index in [2.05, 4.69) is 11.9 Å². The molecule has 2 amide bonds. The summed E-state index contributed by atoms with van der Waals surface area (Å²) in [5, 5.41) is 2.76. The largest absolute Gasteiger partial charge is 0.481 e. The van der Waals surface area contributed by atoms with E-state index in [4.69, 9.17) is 4.74 Å². The van der Waals surface area contributed by atoms with Gasteiger partial charge in [-0.3, -0.25) is 9.59 Å². The first kappa shape index (κ1) is 23.5. The van der Waals surface area contributed by atoms with Gasteiger partial charge in [0.1, 0.15) is 11.6 Å². The number of benzene rings is 2. The maximum absolute atomic E-state index is 14.1. The fourth-order valence-corrected chi connectivity index (χ4v) is 4.04. The summed E-state index contributed by atoms with van der Waals surface area (Å²) >= 11 is 0. The van der Waals surface area contributed by atoms with Gasteiger partial charge in [-0.2, -0.15) is 0 Å². The zero-order chi connectivity index (χ0) is 23.3. The molecule has 1 heterocycles. The molecule has 0 saturated carbocycles. The molecule has 0 saturated heterocycles. The van der Waals surface area contributed by atoms with Crippen LogP contribution < -0.4 is 10.1 Å². The Kier molecular flexibility index (Phi) is 7.67. The van der Waals surface area contributed by atoms with Crippen LogP contribution in [0.2, 0.25) is 0 Å². The van der Waals surface area contributed by atoms with Crippen molar-refractivity contribution in [2.24, 2.45) is 5.92 Å². The second-order valence-corrected chi connectivity index (χ2v) is 8.30. The molecule has 170 valence electrons. The van der Waals surface area contributed by atoms with Crippen molar-refractivity contribution in [2.45, 2.75) is 45.8 Å². The van der Waals surface area contributed by atoms with Crippen molar-refractivity contribution >= 4 is 11.8 Å². The minimum Gasteiger partial charge on any atom is -0.481 e. The van der Waals surface area contributed by atoms with E-state index in [0.717, 1.165) is 11.1 Å². The number of rotatable bonds is 8. The smallest absolute Gasteiger partial charge is 0.261 e. The minimum absolute atomic E-state index is 0.0199. The molecule has 0 fully saturated rings. The van der Waals surface area contributed by atoms with Crippen molar-refractivity contribution in [1.82, 2.24) is 10.2 Å². The SMILES string of the molecule is C=CCNC(=O)[C@H](CC)Oc1ccc2c(c1)[C@H](c1cccc(F)c1)N(C(=O)C(C)C)CC2. The predicted octanol–water partition coefficient (Wildman–Crippen LogP) is 4.42. The zero-order valence-electron chi connectivity index (χ0n) is 18.9. The van der Waals surface area contributed by atoms with Gasteiger partial charge in [0.2, 0.25) is 5.91 Å². The maximum Gasteiger partial charge on any atom is 0.261 e. The van der Waals surface area contributed by atoms with E-state index < -0.39 is 12.1 Å². The lowest BCUT2D eigenvalue weighted by molar-refractivity contribution is -0.136. The standard InChI is InChI=1S/C26H31FN2O3/c1-5-13-28-25(30)23(6-2)32-21-11-10-18-12-14-29(26(31)17(3)4)24(22(18)16-21)19-8-7-9-20(27)15-19/h5,7-11,15-17,23-24H,1,6,12-14H2,2-4H3,(H,28,30)/t23-,24-/m0/s1. The van der Waals surface area contributed by atoms with Crippen molar-refractivity contribution in [1.29, 1.82) is 0 Å². The van der Waals surface area contributed by atoms with Crippen molar-refractivity contribution in [2.75, 3.05) is 13.1 Å². The van der Waals surface area contributed by atoms with Crippen LogP contribution in [0.25, 0.3) is 0 Å². The normalized spacial score (nSPS) is 16.3. The van der Waals surface area contributed by atoms with Crippen molar-refractivity contribution < 1.29 is 18.7 Å². The fourth-order valence-electron chi connectivity index (χ4n) is 4.04. The van der Waals surface area contributed by atoms with E-state index >= 15 is 0 Å². The number of fused-ring (bicyclic) bond motifs is 1. The molecule has 0 unspecified atom stereocenters. The van der Waals surface area contributed by atoms with Crippen LogP contribution in [0.15, 0.2) is 55.1 Å². The molecule has 6 heteroatoms. The number of halogens is 1. The highest BCUT2D eigenvalue weighted by atomic mass is 19.1. The van der Waals surface area contributed by atoms with Gasteiger partial charge in [0.05, 0.1) is 6.04 Å². The Morgan fingerprint density at radius 3 is 2.72 bits per heavy atom. The van der Waals surface area contributed by atoms with Gasteiger partial charge in [0, 0.05) is 19.0 Å². The van der Waals surface area contributed by atoms with Gasteiger partial charge >= 0.3 is 0 Å². The molecule has 2 aromatic rings. The number of amides is 2. The first-order valence-corrected chi connectivity index (χ1v) is 11.1. The lowest BCUT2D eigenvalue weighted by atomic mass is 9.87. The Balaban J connectivity index is 1.99. The quantitative estimate of drug-likeness (QED) is 0.621. The third-order valence-corrected chi connectivity index (χ3v) is 5.65. The Bertz CT molecular complexity index is 989. The van der Waals surface area contributed by atoms with Gasteiger partial charge in [-0.25, -0.2) is 4.39 Å². The van der Waals surface area contributed by atoms with Crippen LogP contribution in [-0.4, -0.2) is 35.9 Å². The molecule has 1 aliphatic rings. The molecule has 0 aromatic heterocycles. The first-order valence-electron chi connectivity index (χ1n) is 11.1. The topological polar surface area (TPSA) is 58.6 Å². The van der Waals surface area contributed by atoms with Crippen LogP contribution in [0.1, 0.15) is 49.9 Å². The van der Waals surface area contributed by atoms with Crippen LogP contribution in [-0.2, 0) is 16.0 Å². The van der Waals surface area contributed by atoms with E-state index in [-0.39, 0.29) is 23.5 Å². The second kappa shape index (κ2) is 10.4. The highest BCUT2D eigenvalue weighted by Crippen LogP contribution is 2.38. The Labute approximate surface area is 189 Å². The molecule has 0 radical (unpaired) electrons. The van der Waals surface area contributed by atoms with Crippen molar-refractivity contribution in [3.63, 3.8) is 0 Å². The van der Waals surface area contributed by atoms with E-state index in [0.29, 0.717) is 37.2 Å². The molecule has 1 aliphatic heterocycles. The fraction of sp³-hybridized carbons (Fsp3) is 0.385. The Morgan fingerprint density at radius 2 is 2.06 bits per heavy atom. The van der Waals surface area contributed by atoms with Crippen LogP contribution in [0.5, 0.6) is 5.75 Å². The maximum atomic E-state index is 14.1. The van der Waals surface area contributed by atoms with Gasteiger partial charge in [-0.15, -0.1) is 6.58 Å². The number of nitrogens with zero attached hydrogens (tertiary/aromatic N) is 1. The predicted molar refractivity (Wildman–Crippen MR) is 123 cm³/mol. The number of ether oxygens (including phenoxy) is 1. The summed E-state index contributed by atoms with van der Waals surface area (Å²) in [4.78, 5) is 27.2. The average Bonchev–Trinajstić information content (AvgIpc) is 2.79. The molecule has 3 rings (SSSR count). The van der Waals surface area contributed by atoms with E-state index in [1.165, 1.54) is 12.1 Å². The summed E-state index contributed by atoms with van der Waals surface area (Å²) in [5.41, 5.74) is 2.70. The molecule has 0 bridgehead atoms. The number of carbonyl (C=O) groups excluding carboxylic acids is 2. The Morgan fingerprint density at radius 1 is 1.28 bits per heavy atom. The third kappa shape index (κ3) is 5.18. The van der Waals surface area contributed by atoms with Crippen LogP contribution >= 0.6 is 0 Å². The summed E-state index contributed by atoms with van der Waals surface area (Å²) in [6.07, 6.45) is 2.19. The Hall–Kier alpha value is -3.15. The summed E-state index contributed by atoms with van der Waals surface area (Å²) in [6, 6.07) is 11.7. The molecule has 0 aliphatic carbocycles. The first-order chi connectivity index (χ1) is 15.3. The van der Waals surface area contributed by atoms with Crippen molar-refractivity contribution in [3.8, 4) is 5.75 Å².